The highest BCUT2D eigenvalue weighted by atomic mass is 79.9. The van der Waals surface area contributed by atoms with Crippen LogP contribution in [0, 0.1) is 0 Å². The van der Waals surface area contributed by atoms with Gasteiger partial charge in [-0.3, -0.25) is 4.79 Å². The topological polar surface area (TPSA) is 67.2 Å². The van der Waals surface area contributed by atoms with Crippen LogP contribution in [0.3, 0.4) is 0 Å². The van der Waals surface area contributed by atoms with Crippen LogP contribution in [0.2, 0.25) is 0 Å². The molecule has 0 amide bonds. The zero-order valence-corrected chi connectivity index (χ0v) is 11.9. The minimum atomic E-state index is -0.382. The Labute approximate surface area is 111 Å². The van der Waals surface area contributed by atoms with Gasteiger partial charge in [0.05, 0.1) is 6.34 Å². The van der Waals surface area contributed by atoms with Gasteiger partial charge in [-0.05, 0) is 15.9 Å². The van der Waals surface area contributed by atoms with E-state index in [4.69, 9.17) is 0 Å². The SMILES string of the molecule is CO/N=C(\C(=O)Br)c1csc(N=CN(C)C)n1. The quantitative estimate of drug-likeness (QED) is 0.358. The molecule has 0 unspecified atom stereocenters. The number of oxime groups is 1. The first-order valence-electron chi connectivity index (χ1n) is 4.52. The molecular formula is C9H11BrN4O2S. The molecule has 1 aromatic heterocycles. The van der Waals surface area contributed by atoms with Crippen molar-refractivity contribution < 1.29 is 9.63 Å². The highest BCUT2D eigenvalue weighted by molar-refractivity contribution is 9.19. The Bertz CT molecular complexity index is 456. The van der Waals surface area contributed by atoms with Gasteiger partial charge in [0.1, 0.15) is 12.8 Å². The second kappa shape index (κ2) is 6.45. The van der Waals surface area contributed by atoms with Crippen molar-refractivity contribution in [3.05, 3.63) is 11.1 Å². The summed E-state index contributed by atoms with van der Waals surface area (Å²) in [4.78, 5) is 25.9. The van der Waals surface area contributed by atoms with Gasteiger partial charge in [0.15, 0.2) is 5.71 Å². The third-order valence-corrected chi connectivity index (χ3v) is 2.63. The molecule has 0 spiro atoms. The molecule has 8 heteroatoms. The van der Waals surface area contributed by atoms with Gasteiger partial charge in [0.2, 0.25) is 5.13 Å². The monoisotopic (exact) mass is 318 g/mol. The van der Waals surface area contributed by atoms with Crippen molar-refractivity contribution in [2.45, 2.75) is 0 Å². The lowest BCUT2D eigenvalue weighted by atomic mass is 10.3. The molecule has 0 saturated carbocycles. The number of thiazole rings is 1. The van der Waals surface area contributed by atoms with Crippen molar-refractivity contribution in [2.75, 3.05) is 21.2 Å². The standard InChI is InChI=1S/C9H11BrN4O2S/c1-14(2)5-11-9-12-6(4-17-9)7(8(10)15)13-16-3/h4-5H,1-3H3/b11-5?,13-7-. The summed E-state index contributed by atoms with van der Waals surface area (Å²) in [6.45, 7) is 0. The molecule has 1 rings (SSSR count). The Morgan fingerprint density at radius 3 is 2.88 bits per heavy atom. The average Bonchev–Trinajstić information content (AvgIpc) is 2.71. The first-order valence-corrected chi connectivity index (χ1v) is 6.19. The summed E-state index contributed by atoms with van der Waals surface area (Å²) in [5, 5.41) is 5.85. The van der Waals surface area contributed by atoms with E-state index < -0.39 is 0 Å². The number of hydrogen-bond acceptors (Lipinski definition) is 6. The van der Waals surface area contributed by atoms with Crippen LogP contribution in [0.1, 0.15) is 5.69 Å². The molecule has 0 radical (unpaired) electrons. The number of carbonyl (C=O) groups excluding carboxylic acids is 1. The Hall–Kier alpha value is -1.28. The highest BCUT2D eigenvalue weighted by Crippen LogP contribution is 2.19. The number of rotatable bonds is 5. The number of aliphatic imine (C=N–C) groups is 1. The van der Waals surface area contributed by atoms with E-state index in [9.17, 15) is 4.79 Å². The predicted octanol–water partition coefficient (Wildman–Crippen LogP) is 1.64. The van der Waals surface area contributed by atoms with Gasteiger partial charge in [0, 0.05) is 19.5 Å². The lowest BCUT2D eigenvalue weighted by molar-refractivity contribution is -0.105. The Balaban J connectivity index is 2.93. The second-order valence-electron chi connectivity index (χ2n) is 3.12. The van der Waals surface area contributed by atoms with E-state index in [1.807, 2.05) is 14.1 Å². The van der Waals surface area contributed by atoms with Gasteiger partial charge in [-0.15, -0.1) is 11.3 Å². The second-order valence-corrected chi connectivity index (χ2v) is 4.68. The molecule has 0 saturated heterocycles. The van der Waals surface area contributed by atoms with Crippen LogP contribution in [0.15, 0.2) is 15.5 Å². The van der Waals surface area contributed by atoms with Gasteiger partial charge >= 0.3 is 0 Å². The van der Waals surface area contributed by atoms with Crippen molar-refractivity contribution in [3.63, 3.8) is 0 Å². The smallest absolute Gasteiger partial charge is 0.251 e. The van der Waals surface area contributed by atoms with Gasteiger partial charge < -0.3 is 9.74 Å². The van der Waals surface area contributed by atoms with E-state index in [1.165, 1.54) is 18.4 Å². The number of nitrogens with zero attached hydrogens (tertiary/aromatic N) is 4. The van der Waals surface area contributed by atoms with Gasteiger partial charge in [-0.25, -0.2) is 9.98 Å². The molecule has 92 valence electrons. The zero-order chi connectivity index (χ0) is 12.8. The van der Waals surface area contributed by atoms with Crippen molar-refractivity contribution in [1.82, 2.24) is 9.88 Å². The Morgan fingerprint density at radius 2 is 2.35 bits per heavy atom. The van der Waals surface area contributed by atoms with E-state index in [-0.39, 0.29) is 10.4 Å². The molecule has 0 N–H and O–H groups in total. The lowest BCUT2D eigenvalue weighted by Gasteiger charge is -1.99. The molecule has 0 bridgehead atoms. The summed E-state index contributed by atoms with van der Waals surface area (Å²) in [7, 11) is 5.09. The summed E-state index contributed by atoms with van der Waals surface area (Å²) >= 11 is 4.14. The number of aromatic nitrogens is 1. The van der Waals surface area contributed by atoms with Gasteiger partial charge in [-0.1, -0.05) is 5.16 Å². The first kappa shape index (κ1) is 13.8. The average molecular weight is 319 g/mol. The Morgan fingerprint density at radius 1 is 1.65 bits per heavy atom. The van der Waals surface area contributed by atoms with Crippen LogP contribution < -0.4 is 0 Å². The summed E-state index contributed by atoms with van der Waals surface area (Å²) in [5.41, 5.74) is 0.555. The minimum absolute atomic E-state index is 0.120. The molecule has 0 atom stereocenters. The molecule has 1 aromatic rings. The summed E-state index contributed by atoms with van der Waals surface area (Å²) < 4.78 is -0.382. The fraction of sp³-hybridized carbons (Fsp3) is 0.333. The van der Waals surface area contributed by atoms with Crippen LogP contribution in [0.5, 0.6) is 0 Å². The Kier molecular flexibility index (Phi) is 5.23. The molecule has 0 aliphatic carbocycles. The summed E-state index contributed by atoms with van der Waals surface area (Å²) in [6, 6.07) is 0. The van der Waals surface area contributed by atoms with E-state index >= 15 is 0 Å². The molecule has 0 aromatic carbocycles. The normalized spacial score (nSPS) is 11.9. The molecule has 0 aliphatic rings. The van der Waals surface area contributed by atoms with Crippen LogP contribution in [0.25, 0.3) is 0 Å². The third kappa shape index (κ3) is 4.23. The van der Waals surface area contributed by atoms with Crippen LogP contribution >= 0.6 is 27.3 Å². The molecule has 17 heavy (non-hydrogen) atoms. The summed E-state index contributed by atoms with van der Waals surface area (Å²) in [5.74, 6) is 0. The fourth-order valence-corrected chi connectivity index (χ4v) is 1.79. The fourth-order valence-electron chi connectivity index (χ4n) is 0.872. The number of hydrogen-bond donors (Lipinski definition) is 0. The molecule has 1 heterocycles. The van der Waals surface area contributed by atoms with E-state index in [0.717, 1.165) is 0 Å². The maximum atomic E-state index is 11.2. The molecule has 0 aliphatic heterocycles. The minimum Gasteiger partial charge on any atom is -0.398 e. The lowest BCUT2D eigenvalue weighted by Crippen LogP contribution is -2.10. The van der Waals surface area contributed by atoms with E-state index in [2.05, 4.69) is 35.9 Å². The zero-order valence-electron chi connectivity index (χ0n) is 9.55. The molecular weight excluding hydrogens is 308 g/mol. The maximum Gasteiger partial charge on any atom is 0.251 e. The largest absolute Gasteiger partial charge is 0.398 e. The van der Waals surface area contributed by atoms with Gasteiger partial charge in [-0.2, -0.15) is 0 Å². The summed E-state index contributed by atoms with van der Waals surface area (Å²) in [6.07, 6.45) is 1.63. The van der Waals surface area contributed by atoms with E-state index in [0.29, 0.717) is 10.8 Å². The van der Waals surface area contributed by atoms with Crippen molar-refractivity contribution in [1.29, 1.82) is 0 Å². The highest BCUT2D eigenvalue weighted by Gasteiger charge is 2.15. The van der Waals surface area contributed by atoms with Crippen LogP contribution in [-0.2, 0) is 9.63 Å². The van der Waals surface area contributed by atoms with Crippen molar-refractivity contribution >= 4 is 49.1 Å². The number of halogens is 1. The van der Waals surface area contributed by atoms with Crippen LogP contribution in [0.4, 0.5) is 5.13 Å². The number of carbonyl (C=O) groups is 1. The van der Waals surface area contributed by atoms with E-state index in [1.54, 1.807) is 16.6 Å². The predicted molar refractivity (Wildman–Crippen MR) is 71.4 cm³/mol. The van der Waals surface area contributed by atoms with Crippen molar-refractivity contribution in [3.8, 4) is 0 Å². The van der Waals surface area contributed by atoms with Gasteiger partial charge in [0.25, 0.3) is 4.69 Å². The third-order valence-electron chi connectivity index (χ3n) is 1.50. The maximum absolute atomic E-state index is 11.2. The molecule has 6 nitrogen and oxygen atoms in total. The van der Waals surface area contributed by atoms with Crippen LogP contribution in [-0.4, -0.2) is 47.8 Å². The molecule has 0 fully saturated rings. The van der Waals surface area contributed by atoms with Crippen molar-refractivity contribution in [2.24, 2.45) is 10.1 Å². The first-order chi connectivity index (χ1) is 8.04.